The Morgan fingerprint density at radius 3 is 2.63 bits per heavy atom. The molecule has 1 fully saturated rings. The van der Waals surface area contributed by atoms with Crippen LogP contribution in [0, 0.1) is 5.92 Å². The molecule has 43 heavy (non-hydrogen) atoms. The molecule has 1 saturated heterocycles. The number of thioether (sulfide) groups is 2. The van der Waals surface area contributed by atoms with E-state index in [1.54, 1.807) is 37.2 Å². The fourth-order valence-electron chi connectivity index (χ4n) is 4.57. The number of furan rings is 1. The number of piperidine rings is 1. The Morgan fingerprint density at radius 1 is 1.12 bits per heavy atom. The van der Waals surface area contributed by atoms with Crippen LogP contribution < -0.4 is 9.47 Å². The number of hydrazone groups is 1. The molecule has 2 aromatic carbocycles. The molecular formula is C31H35N5O4S3. The van der Waals surface area contributed by atoms with Crippen molar-refractivity contribution >= 4 is 70.8 Å². The Bertz CT molecular complexity index is 1500. The van der Waals surface area contributed by atoms with Crippen LogP contribution in [0.1, 0.15) is 18.6 Å². The van der Waals surface area contributed by atoms with Gasteiger partial charge in [-0.1, -0.05) is 18.2 Å². The number of fused-ring (bicyclic) bond motifs is 1. The summed E-state index contributed by atoms with van der Waals surface area (Å²) in [6.07, 6.45) is 4.14. The van der Waals surface area contributed by atoms with E-state index in [2.05, 4.69) is 68.6 Å². The molecule has 12 heteroatoms. The van der Waals surface area contributed by atoms with Crippen molar-refractivity contribution in [3.05, 3.63) is 71.6 Å². The first-order chi connectivity index (χ1) is 21.1. The van der Waals surface area contributed by atoms with Gasteiger partial charge < -0.3 is 18.6 Å². The molecule has 3 aromatic rings. The highest BCUT2D eigenvalue weighted by molar-refractivity contribution is 8.13. The van der Waals surface area contributed by atoms with Gasteiger partial charge in [0, 0.05) is 35.9 Å². The molecule has 0 unspecified atom stereocenters. The van der Waals surface area contributed by atoms with Crippen LogP contribution in [0.4, 0.5) is 0 Å². The summed E-state index contributed by atoms with van der Waals surface area (Å²) in [7, 11) is 3.21. The van der Waals surface area contributed by atoms with Gasteiger partial charge in [0.05, 0.1) is 37.4 Å². The lowest BCUT2D eigenvalue weighted by Crippen LogP contribution is -2.29. The molecule has 9 nitrogen and oxygen atoms in total. The van der Waals surface area contributed by atoms with Crippen LogP contribution in [0.25, 0.3) is 16.7 Å². The normalized spacial score (nSPS) is 16.8. The summed E-state index contributed by atoms with van der Waals surface area (Å²) >= 11 is 5.12. The number of aliphatic imine (C=N–C) groups is 2. The highest BCUT2D eigenvalue weighted by Gasteiger charge is 2.21. The van der Waals surface area contributed by atoms with Crippen LogP contribution in [0.15, 0.2) is 90.2 Å². The van der Waals surface area contributed by atoms with E-state index in [9.17, 15) is 0 Å². The van der Waals surface area contributed by atoms with Crippen molar-refractivity contribution in [2.75, 3.05) is 45.5 Å². The number of hydrogen-bond donors (Lipinski definition) is 0. The van der Waals surface area contributed by atoms with Crippen LogP contribution in [0.3, 0.4) is 0 Å². The average Bonchev–Trinajstić information content (AvgIpc) is 3.69. The smallest absolute Gasteiger partial charge is 0.269 e. The van der Waals surface area contributed by atoms with E-state index in [0.717, 1.165) is 29.9 Å². The van der Waals surface area contributed by atoms with Gasteiger partial charge in [-0.15, -0.1) is 16.9 Å². The summed E-state index contributed by atoms with van der Waals surface area (Å²) in [4.78, 5) is 9.69. The first kappa shape index (κ1) is 31.1. The molecule has 0 N–H and O–H groups in total. The van der Waals surface area contributed by atoms with Crippen LogP contribution in [0.5, 0.6) is 11.5 Å². The maximum absolute atomic E-state index is 6.23. The SMILES string of the molecule is C=N/C(=C\SCC1CCN(Sc2ccccc2)CC1)COc1cc(OC)cc2oc(/C(=C/N3CSC(OC)=N3)N=C)cc12. The second kappa shape index (κ2) is 15.4. The monoisotopic (exact) mass is 637 g/mol. The van der Waals surface area contributed by atoms with Gasteiger partial charge in [-0.25, -0.2) is 4.31 Å². The van der Waals surface area contributed by atoms with Crippen molar-refractivity contribution in [1.82, 2.24) is 9.31 Å². The fourth-order valence-corrected chi connectivity index (χ4v) is 7.23. The lowest BCUT2D eigenvalue weighted by molar-refractivity contribution is 0.312. The number of rotatable bonds is 13. The molecule has 0 aliphatic carbocycles. The summed E-state index contributed by atoms with van der Waals surface area (Å²) in [5.41, 5.74) is 1.92. The molecule has 5 rings (SSSR count). The standard InChI is InChI=1S/C31H35N5O4S3/c1-32-23(20-41-19-22-10-12-36(13-11-22)43-25-8-6-5-7-9-25)18-39-28-14-24(37-3)15-29-26(28)16-30(40-29)27(33-2)17-35-21-42-31(34-35)38-4/h5-9,14-17,20,22H,1-2,10-13,18-19,21H2,3-4H3/b23-20-,27-17-. The van der Waals surface area contributed by atoms with Gasteiger partial charge in [0.25, 0.3) is 5.23 Å². The first-order valence-electron chi connectivity index (χ1n) is 13.8. The predicted octanol–water partition coefficient (Wildman–Crippen LogP) is 7.44. The molecule has 0 atom stereocenters. The quantitative estimate of drug-likeness (QED) is 0.140. The van der Waals surface area contributed by atoms with E-state index in [1.165, 1.54) is 29.5 Å². The predicted molar refractivity (Wildman–Crippen MR) is 181 cm³/mol. The lowest BCUT2D eigenvalue weighted by Gasteiger charge is -2.30. The lowest BCUT2D eigenvalue weighted by atomic mass is 10.0. The molecule has 1 aromatic heterocycles. The number of hydrogen-bond acceptors (Lipinski definition) is 12. The number of nitrogens with zero attached hydrogens (tertiary/aromatic N) is 5. The van der Waals surface area contributed by atoms with Crippen molar-refractivity contribution in [3.63, 3.8) is 0 Å². The highest BCUT2D eigenvalue weighted by atomic mass is 32.2. The van der Waals surface area contributed by atoms with E-state index in [4.69, 9.17) is 18.6 Å². The molecule has 2 aliphatic rings. The maximum atomic E-state index is 6.23. The van der Waals surface area contributed by atoms with Crippen molar-refractivity contribution in [3.8, 4) is 11.5 Å². The zero-order valence-electron chi connectivity index (χ0n) is 24.3. The molecular weight excluding hydrogens is 603 g/mol. The zero-order chi connectivity index (χ0) is 30.0. The number of ether oxygens (including phenoxy) is 3. The van der Waals surface area contributed by atoms with E-state index in [0.29, 0.717) is 45.6 Å². The van der Waals surface area contributed by atoms with E-state index < -0.39 is 0 Å². The largest absolute Gasteiger partial charge is 0.496 e. The van der Waals surface area contributed by atoms with Gasteiger partial charge in [-0.05, 0) is 79.5 Å². The van der Waals surface area contributed by atoms with Crippen LogP contribution in [-0.4, -0.2) is 73.5 Å². The second-order valence-electron chi connectivity index (χ2n) is 9.77. The summed E-state index contributed by atoms with van der Waals surface area (Å²) in [6.45, 7) is 9.95. The molecule has 0 bridgehead atoms. The third kappa shape index (κ3) is 8.41. The van der Waals surface area contributed by atoms with E-state index in [1.807, 2.05) is 30.1 Å². The maximum Gasteiger partial charge on any atom is 0.269 e. The van der Waals surface area contributed by atoms with Gasteiger partial charge in [-0.2, -0.15) is 0 Å². The number of methoxy groups -OCH3 is 2. The average molecular weight is 638 g/mol. The van der Waals surface area contributed by atoms with Gasteiger partial charge in [0.15, 0.2) is 5.76 Å². The first-order valence-corrected chi connectivity index (χ1v) is 16.6. The minimum absolute atomic E-state index is 0.271. The Labute approximate surface area is 265 Å². The van der Waals surface area contributed by atoms with Gasteiger partial charge in [0.1, 0.15) is 29.4 Å². The molecule has 0 radical (unpaired) electrons. The van der Waals surface area contributed by atoms with Crippen molar-refractivity contribution in [1.29, 1.82) is 0 Å². The van der Waals surface area contributed by atoms with Gasteiger partial charge in [0.2, 0.25) is 0 Å². The molecule has 0 saturated carbocycles. The second-order valence-corrected chi connectivity index (χ2v) is 12.7. The van der Waals surface area contributed by atoms with Crippen molar-refractivity contribution < 1.29 is 18.6 Å². The minimum atomic E-state index is 0.271. The Kier molecular flexibility index (Phi) is 11.2. The fraction of sp³-hybridized carbons (Fsp3) is 0.323. The summed E-state index contributed by atoms with van der Waals surface area (Å²) in [6, 6.07) is 16.1. The summed E-state index contributed by atoms with van der Waals surface area (Å²) in [5.74, 6) is 4.11. The van der Waals surface area contributed by atoms with Crippen LogP contribution in [-0.2, 0) is 4.74 Å². The van der Waals surface area contributed by atoms with E-state index >= 15 is 0 Å². The third-order valence-corrected chi connectivity index (χ3v) is 9.99. The molecule has 2 aliphatic heterocycles. The van der Waals surface area contributed by atoms with Gasteiger partial charge in [-0.3, -0.25) is 15.0 Å². The molecule has 3 heterocycles. The van der Waals surface area contributed by atoms with Crippen molar-refractivity contribution in [2.24, 2.45) is 21.0 Å². The topological polar surface area (TPSA) is 84.4 Å². The Morgan fingerprint density at radius 2 is 1.93 bits per heavy atom. The Hall–Kier alpha value is -3.32. The molecule has 0 amide bonds. The van der Waals surface area contributed by atoms with E-state index in [-0.39, 0.29) is 6.61 Å². The van der Waals surface area contributed by atoms with Crippen LogP contribution in [0.2, 0.25) is 0 Å². The molecule has 0 spiro atoms. The zero-order valence-corrected chi connectivity index (χ0v) is 26.8. The van der Waals surface area contributed by atoms with Gasteiger partial charge >= 0.3 is 0 Å². The summed E-state index contributed by atoms with van der Waals surface area (Å²) < 4.78 is 25.5. The third-order valence-electron chi connectivity index (χ3n) is 6.89. The summed E-state index contributed by atoms with van der Waals surface area (Å²) in [5, 5.41) is 9.53. The Balaban J connectivity index is 1.19. The number of benzene rings is 2. The van der Waals surface area contributed by atoms with Crippen LogP contribution >= 0.6 is 35.5 Å². The molecule has 226 valence electrons. The minimum Gasteiger partial charge on any atom is -0.496 e. The highest BCUT2D eigenvalue weighted by Crippen LogP contribution is 2.37. The van der Waals surface area contributed by atoms with Crippen molar-refractivity contribution in [2.45, 2.75) is 17.7 Å².